The Morgan fingerprint density at radius 3 is 2.20 bits per heavy atom. The van der Waals surface area contributed by atoms with Gasteiger partial charge in [-0.3, -0.25) is 4.79 Å². The third-order valence-electron chi connectivity index (χ3n) is 6.18. The minimum Gasteiger partial charge on any atom is -0.375 e. The average molecular weight is 278 g/mol. The first-order valence-electron chi connectivity index (χ1n) is 8.82. The molecule has 3 rings (SSSR count). The molecule has 20 heavy (non-hydrogen) atoms. The normalized spacial score (nSPS) is 33.0. The lowest BCUT2D eigenvalue weighted by atomic mass is 9.65. The molecule has 2 nitrogen and oxygen atoms in total. The van der Waals surface area contributed by atoms with Gasteiger partial charge in [0.2, 0.25) is 0 Å². The topological polar surface area (TPSA) is 26.3 Å². The zero-order chi connectivity index (χ0) is 14.1. The molecule has 1 heterocycles. The van der Waals surface area contributed by atoms with E-state index in [0.717, 1.165) is 32.3 Å². The molecule has 2 saturated carbocycles. The van der Waals surface area contributed by atoms with Crippen LogP contribution in [0.15, 0.2) is 0 Å². The molecule has 0 N–H and O–H groups in total. The van der Waals surface area contributed by atoms with Crippen molar-refractivity contribution in [3.05, 3.63) is 0 Å². The number of carbonyl (C=O) groups excluding carboxylic acids is 1. The Morgan fingerprint density at radius 2 is 1.55 bits per heavy atom. The van der Waals surface area contributed by atoms with Gasteiger partial charge in [-0.1, -0.05) is 45.4 Å². The van der Waals surface area contributed by atoms with Crippen LogP contribution in [0, 0.1) is 11.3 Å². The number of carbonyl (C=O) groups is 1. The molecule has 2 aliphatic carbocycles. The van der Waals surface area contributed by atoms with Crippen LogP contribution in [0.1, 0.15) is 84.0 Å². The van der Waals surface area contributed by atoms with E-state index in [1.165, 1.54) is 51.4 Å². The SMILES string of the molecule is CC1(C(=O)C2CCOC3(CCCCC3)C2)CCCCC1. The molecular weight excluding hydrogens is 248 g/mol. The second kappa shape index (κ2) is 5.79. The lowest BCUT2D eigenvalue weighted by Gasteiger charge is -2.45. The second-order valence-corrected chi connectivity index (χ2v) is 7.77. The van der Waals surface area contributed by atoms with E-state index in [1.54, 1.807) is 0 Å². The van der Waals surface area contributed by atoms with Crippen molar-refractivity contribution in [2.24, 2.45) is 11.3 Å². The van der Waals surface area contributed by atoms with Gasteiger partial charge < -0.3 is 4.74 Å². The van der Waals surface area contributed by atoms with Gasteiger partial charge in [-0.15, -0.1) is 0 Å². The van der Waals surface area contributed by atoms with E-state index in [0.29, 0.717) is 5.78 Å². The van der Waals surface area contributed by atoms with Gasteiger partial charge in [0.15, 0.2) is 0 Å². The molecule has 3 fully saturated rings. The molecule has 0 aromatic rings. The maximum Gasteiger partial charge on any atom is 0.142 e. The van der Waals surface area contributed by atoms with Crippen molar-refractivity contribution in [1.82, 2.24) is 0 Å². The van der Waals surface area contributed by atoms with Crippen LogP contribution in [-0.4, -0.2) is 18.0 Å². The molecule has 1 unspecified atom stereocenters. The summed E-state index contributed by atoms with van der Waals surface area (Å²) in [5.41, 5.74) is 0.0535. The summed E-state index contributed by atoms with van der Waals surface area (Å²) < 4.78 is 6.15. The van der Waals surface area contributed by atoms with Crippen LogP contribution in [0.3, 0.4) is 0 Å². The highest BCUT2D eigenvalue weighted by Gasteiger charge is 2.45. The Morgan fingerprint density at radius 1 is 0.950 bits per heavy atom. The molecule has 0 aromatic carbocycles. The van der Waals surface area contributed by atoms with E-state index < -0.39 is 0 Å². The van der Waals surface area contributed by atoms with Crippen LogP contribution < -0.4 is 0 Å². The average Bonchev–Trinajstić information content (AvgIpc) is 2.48. The molecule has 2 heteroatoms. The van der Waals surface area contributed by atoms with Crippen molar-refractivity contribution in [3.63, 3.8) is 0 Å². The number of Topliss-reactive ketones (excluding diaryl/α,β-unsaturated/α-hetero) is 1. The summed E-state index contributed by atoms with van der Waals surface area (Å²) in [6.07, 6.45) is 14.3. The number of hydrogen-bond donors (Lipinski definition) is 0. The highest BCUT2D eigenvalue weighted by atomic mass is 16.5. The zero-order valence-corrected chi connectivity index (χ0v) is 13.1. The Hall–Kier alpha value is -0.370. The third-order valence-corrected chi connectivity index (χ3v) is 6.18. The van der Waals surface area contributed by atoms with Gasteiger partial charge in [-0.2, -0.15) is 0 Å². The number of ether oxygens (including phenoxy) is 1. The molecule has 3 aliphatic rings. The fourth-order valence-electron chi connectivity index (χ4n) is 4.87. The van der Waals surface area contributed by atoms with Gasteiger partial charge in [0.1, 0.15) is 5.78 Å². The zero-order valence-electron chi connectivity index (χ0n) is 13.1. The first-order valence-corrected chi connectivity index (χ1v) is 8.82. The summed E-state index contributed by atoms with van der Waals surface area (Å²) in [5, 5.41) is 0. The fraction of sp³-hybridized carbons (Fsp3) is 0.944. The number of rotatable bonds is 2. The molecule has 0 bridgehead atoms. The largest absolute Gasteiger partial charge is 0.375 e. The maximum absolute atomic E-state index is 13.0. The quantitative estimate of drug-likeness (QED) is 0.734. The summed E-state index contributed by atoms with van der Waals surface area (Å²) in [6.45, 7) is 3.05. The van der Waals surface area contributed by atoms with E-state index in [4.69, 9.17) is 4.74 Å². The monoisotopic (exact) mass is 278 g/mol. The molecule has 0 aromatic heterocycles. The fourth-order valence-corrected chi connectivity index (χ4v) is 4.87. The van der Waals surface area contributed by atoms with E-state index in [1.807, 2.05) is 0 Å². The molecule has 0 amide bonds. The van der Waals surface area contributed by atoms with E-state index >= 15 is 0 Å². The molecular formula is C18H30O2. The first kappa shape index (κ1) is 14.6. The molecule has 1 spiro atoms. The predicted molar refractivity (Wildman–Crippen MR) is 80.7 cm³/mol. The number of ketones is 1. The number of hydrogen-bond acceptors (Lipinski definition) is 2. The van der Waals surface area contributed by atoms with Crippen molar-refractivity contribution in [2.75, 3.05) is 6.61 Å². The van der Waals surface area contributed by atoms with Crippen LogP contribution in [0.5, 0.6) is 0 Å². The van der Waals surface area contributed by atoms with Gasteiger partial charge in [-0.25, -0.2) is 0 Å². The molecule has 0 radical (unpaired) electrons. The van der Waals surface area contributed by atoms with Crippen molar-refractivity contribution in [3.8, 4) is 0 Å². The Labute approximate surface area is 123 Å². The highest BCUT2D eigenvalue weighted by molar-refractivity contribution is 5.87. The second-order valence-electron chi connectivity index (χ2n) is 7.77. The van der Waals surface area contributed by atoms with Gasteiger partial charge in [0.25, 0.3) is 0 Å². The van der Waals surface area contributed by atoms with Crippen LogP contribution >= 0.6 is 0 Å². The smallest absolute Gasteiger partial charge is 0.142 e. The van der Waals surface area contributed by atoms with Crippen LogP contribution in [0.2, 0.25) is 0 Å². The Bertz CT molecular complexity index is 343. The van der Waals surface area contributed by atoms with Crippen LogP contribution in [-0.2, 0) is 9.53 Å². The summed E-state index contributed by atoms with van der Waals surface area (Å²) >= 11 is 0. The summed E-state index contributed by atoms with van der Waals surface area (Å²) in [4.78, 5) is 13.0. The molecule has 1 aliphatic heterocycles. The summed E-state index contributed by atoms with van der Waals surface area (Å²) in [5.74, 6) is 0.857. The van der Waals surface area contributed by atoms with Crippen LogP contribution in [0.25, 0.3) is 0 Å². The van der Waals surface area contributed by atoms with E-state index in [2.05, 4.69) is 6.92 Å². The van der Waals surface area contributed by atoms with Crippen molar-refractivity contribution in [1.29, 1.82) is 0 Å². The lowest BCUT2D eigenvalue weighted by Crippen LogP contribution is -2.46. The Kier molecular flexibility index (Phi) is 4.21. The van der Waals surface area contributed by atoms with Crippen LogP contribution in [0.4, 0.5) is 0 Å². The molecule has 1 saturated heterocycles. The van der Waals surface area contributed by atoms with Gasteiger partial charge in [-0.05, 0) is 38.5 Å². The summed E-state index contributed by atoms with van der Waals surface area (Å²) in [6, 6.07) is 0. The standard InChI is InChI=1S/C18H30O2/c1-17(9-4-2-5-10-17)16(19)15-8-13-20-18(14-15)11-6-3-7-12-18/h15H,2-14H2,1H3. The van der Waals surface area contributed by atoms with E-state index in [9.17, 15) is 4.79 Å². The maximum atomic E-state index is 13.0. The summed E-state index contributed by atoms with van der Waals surface area (Å²) in [7, 11) is 0. The van der Waals surface area contributed by atoms with Gasteiger partial charge in [0, 0.05) is 17.9 Å². The molecule has 1 atom stereocenters. The predicted octanol–water partition coefficient (Wildman–Crippen LogP) is 4.66. The van der Waals surface area contributed by atoms with E-state index in [-0.39, 0.29) is 16.9 Å². The van der Waals surface area contributed by atoms with Crippen molar-refractivity contribution >= 4 is 5.78 Å². The first-order chi connectivity index (χ1) is 9.64. The minimum absolute atomic E-state index is 0.0177. The third kappa shape index (κ3) is 2.81. The molecule has 114 valence electrons. The lowest BCUT2D eigenvalue weighted by molar-refractivity contribution is -0.151. The minimum atomic E-state index is -0.0177. The van der Waals surface area contributed by atoms with Crippen molar-refractivity contribution < 1.29 is 9.53 Å². The van der Waals surface area contributed by atoms with Gasteiger partial charge >= 0.3 is 0 Å². The van der Waals surface area contributed by atoms with Crippen molar-refractivity contribution in [2.45, 2.75) is 89.6 Å². The highest BCUT2D eigenvalue weighted by Crippen LogP contribution is 2.45. The Balaban J connectivity index is 1.68. The van der Waals surface area contributed by atoms with Gasteiger partial charge in [0.05, 0.1) is 5.60 Å².